The number of rotatable bonds is 6. The van der Waals surface area contributed by atoms with Crippen LogP contribution in [0.15, 0.2) is 199 Å². The molecule has 8 aromatic carbocycles. The predicted octanol–water partition coefficient (Wildman–Crippen LogP) is 13.2. The molecular formula is C51H32N4O. The molecule has 56 heavy (non-hydrogen) atoms. The summed E-state index contributed by atoms with van der Waals surface area (Å²) < 4.78 is 9.42. The molecular weight excluding hydrogens is 685 g/mol. The predicted molar refractivity (Wildman–Crippen MR) is 229 cm³/mol. The Bertz CT molecular complexity index is 3160. The maximum absolute atomic E-state index is 7.07. The summed E-state index contributed by atoms with van der Waals surface area (Å²) in [5.74, 6) is 1.88. The minimum Gasteiger partial charge on any atom is -0.453 e. The minimum atomic E-state index is 0.612. The second-order valence-electron chi connectivity index (χ2n) is 14.0. The molecule has 0 N–H and O–H groups in total. The fraction of sp³-hybridized carbons (Fsp3) is 0. The van der Waals surface area contributed by atoms with Crippen LogP contribution in [0.2, 0.25) is 0 Å². The Morgan fingerprint density at radius 1 is 0.339 bits per heavy atom. The minimum absolute atomic E-state index is 0.612. The molecule has 11 rings (SSSR count). The number of nitrogens with zero attached hydrogens (tertiary/aromatic N) is 4. The lowest BCUT2D eigenvalue weighted by atomic mass is 10.00. The summed E-state index contributed by atoms with van der Waals surface area (Å²) in [5, 5.41) is 4.49. The summed E-state index contributed by atoms with van der Waals surface area (Å²) in [4.78, 5) is 14.9. The van der Waals surface area contributed by atoms with Crippen molar-refractivity contribution in [2.24, 2.45) is 0 Å². The van der Waals surface area contributed by atoms with Crippen LogP contribution in [0.4, 0.5) is 0 Å². The van der Waals surface area contributed by atoms with E-state index in [9.17, 15) is 0 Å². The van der Waals surface area contributed by atoms with Gasteiger partial charge in [0.2, 0.25) is 0 Å². The Balaban J connectivity index is 1.08. The molecule has 5 heteroatoms. The van der Waals surface area contributed by atoms with E-state index >= 15 is 0 Å². The van der Waals surface area contributed by atoms with Gasteiger partial charge in [0.25, 0.3) is 0 Å². The smallest absolute Gasteiger partial charge is 0.164 e. The van der Waals surface area contributed by atoms with Crippen molar-refractivity contribution < 1.29 is 4.42 Å². The average Bonchev–Trinajstić information content (AvgIpc) is 3.84. The van der Waals surface area contributed by atoms with Crippen molar-refractivity contribution >= 4 is 43.7 Å². The van der Waals surface area contributed by atoms with Crippen LogP contribution in [0.1, 0.15) is 0 Å². The monoisotopic (exact) mass is 716 g/mol. The zero-order valence-corrected chi connectivity index (χ0v) is 30.2. The van der Waals surface area contributed by atoms with Crippen molar-refractivity contribution in [3.05, 3.63) is 194 Å². The first-order valence-electron chi connectivity index (χ1n) is 18.8. The van der Waals surface area contributed by atoms with Gasteiger partial charge in [0.1, 0.15) is 5.58 Å². The number of para-hydroxylation sites is 2. The van der Waals surface area contributed by atoms with Crippen LogP contribution in [0.25, 0.3) is 106 Å². The van der Waals surface area contributed by atoms with Crippen LogP contribution >= 0.6 is 0 Å². The quantitative estimate of drug-likeness (QED) is 0.172. The van der Waals surface area contributed by atoms with Gasteiger partial charge in [-0.25, -0.2) is 15.0 Å². The average molecular weight is 717 g/mol. The van der Waals surface area contributed by atoms with E-state index in [1.807, 2.05) is 60.7 Å². The van der Waals surface area contributed by atoms with E-state index in [4.69, 9.17) is 19.4 Å². The SMILES string of the molecule is c1ccc(-c2ccc(-n3c4ccccc4c4ccc5c6cccc(-c7cccc(-c8nc(-c9ccccc9)nc(-c9ccccc9)n8)c7)c6oc5c43)cc2)cc1. The number of hydrogen-bond acceptors (Lipinski definition) is 4. The number of aromatic nitrogens is 4. The fourth-order valence-corrected chi connectivity index (χ4v) is 8.00. The molecule has 0 aliphatic rings. The van der Waals surface area contributed by atoms with Gasteiger partial charge < -0.3 is 8.98 Å². The standard InChI is InChI=1S/C51H32N4O/c1-4-14-33(15-5-1)34-26-28-39(29-27-34)55-45-25-11-10-22-41(45)42-30-31-44-43-24-13-23-40(47(43)56-48(44)46(42)55)37-20-12-21-38(32-37)51-53-49(35-16-6-2-7-17-35)52-50(54-51)36-18-8-3-9-19-36/h1-32H. The molecule has 5 nitrogen and oxygen atoms in total. The molecule has 0 saturated heterocycles. The number of benzene rings is 8. The topological polar surface area (TPSA) is 56.7 Å². The largest absolute Gasteiger partial charge is 0.453 e. The van der Waals surface area contributed by atoms with Crippen LogP contribution in [0.5, 0.6) is 0 Å². The normalized spacial score (nSPS) is 11.6. The second kappa shape index (κ2) is 13.0. The second-order valence-corrected chi connectivity index (χ2v) is 14.0. The van der Waals surface area contributed by atoms with Gasteiger partial charge in [0.15, 0.2) is 23.1 Å². The Morgan fingerprint density at radius 2 is 0.839 bits per heavy atom. The van der Waals surface area contributed by atoms with Crippen molar-refractivity contribution in [3.63, 3.8) is 0 Å². The van der Waals surface area contributed by atoms with Crippen molar-refractivity contribution in [1.82, 2.24) is 19.5 Å². The third-order valence-corrected chi connectivity index (χ3v) is 10.7. The molecule has 0 atom stereocenters. The zero-order chi connectivity index (χ0) is 37.0. The molecule has 0 bridgehead atoms. The molecule has 0 radical (unpaired) electrons. The van der Waals surface area contributed by atoms with E-state index in [0.29, 0.717) is 17.5 Å². The van der Waals surface area contributed by atoms with Gasteiger partial charge in [-0.15, -0.1) is 0 Å². The highest BCUT2D eigenvalue weighted by molar-refractivity contribution is 6.22. The Morgan fingerprint density at radius 3 is 1.54 bits per heavy atom. The highest BCUT2D eigenvalue weighted by Crippen LogP contribution is 2.43. The van der Waals surface area contributed by atoms with Crippen molar-refractivity contribution in [3.8, 4) is 62.1 Å². The van der Waals surface area contributed by atoms with Gasteiger partial charge in [-0.2, -0.15) is 0 Å². The fourth-order valence-electron chi connectivity index (χ4n) is 8.00. The molecule has 3 heterocycles. The molecule has 11 aromatic rings. The van der Waals surface area contributed by atoms with Gasteiger partial charge in [0.05, 0.1) is 11.0 Å². The summed E-state index contributed by atoms with van der Waals surface area (Å²) >= 11 is 0. The van der Waals surface area contributed by atoms with Crippen LogP contribution in [-0.4, -0.2) is 19.5 Å². The molecule has 0 aliphatic carbocycles. The maximum Gasteiger partial charge on any atom is 0.164 e. The lowest BCUT2D eigenvalue weighted by Crippen LogP contribution is -2.00. The van der Waals surface area contributed by atoms with Crippen molar-refractivity contribution in [2.45, 2.75) is 0 Å². The summed E-state index contributed by atoms with van der Waals surface area (Å²) in [7, 11) is 0. The molecule has 0 unspecified atom stereocenters. The van der Waals surface area contributed by atoms with E-state index in [2.05, 4.69) is 138 Å². The van der Waals surface area contributed by atoms with Crippen molar-refractivity contribution in [2.75, 3.05) is 0 Å². The van der Waals surface area contributed by atoms with Crippen LogP contribution in [0, 0.1) is 0 Å². The number of hydrogen-bond donors (Lipinski definition) is 0. The number of fused-ring (bicyclic) bond motifs is 7. The Kier molecular flexibility index (Phi) is 7.42. The Labute approximate surface area is 322 Å². The highest BCUT2D eigenvalue weighted by Gasteiger charge is 2.21. The lowest BCUT2D eigenvalue weighted by Gasteiger charge is -2.10. The van der Waals surface area contributed by atoms with E-state index < -0.39 is 0 Å². The summed E-state index contributed by atoms with van der Waals surface area (Å²) in [5.41, 5.74) is 12.1. The summed E-state index contributed by atoms with van der Waals surface area (Å²) in [6, 6.07) is 67.3. The molecule has 0 spiro atoms. The molecule has 0 aliphatic heterocycles. The van der Waals surface area contributed by atoms with Crippen LogP contribution < -0.4 is 0 Å². The highest BCUT2D eigenvalue weighted by atomic mass is 16.3. The molecule has 0 saturated carbocycles. The van der Waals surface area contributed by atoms with Crippen molar-refractivity contribution in [1.29, 1.82) is 0 Å². The van der Waals surface area contributed by atoms with Gasteiger partial charge in [-0.05, 0) is 47.0 Å². The first-order chi connectivity index (χ1) is 27.8. The van der Waals surface area contributed by atoms with Crippen LogP contribution in [0.3, 0.4) is 0 Å². The van der Waals surface area contributed by atoms with Crippen LogP contribution in [-0.2, 0) is 0 Å². The zero-order valence-electron chi connectivity index (χ0n) is 30.2. The number of furan rings is 1. The Hall–Kier alpha value is -7.63. The maximum atomic E-state index is 7.07. The summed E-state index contributed by atoms with van der Waals surface area (Å²) in [6.07, 6.45) is 0. The first-order valence-corrected chi connectivity index (χ1v) is 18.8. The van der Waals surface area contributed by atoms with E-state index in [1.165, 1.54) is 16.5 Å². The molecule has 262 valence electrons. The molecule has 0 amide bonds. The summed E-state index contributed by atoms with van der Waals surface area (Å²) in [6.45, 7) is 0. The molecule has 0 fully saturated rings. The van der Waals surface area contributed by atoms with E-state index in [-0.39, 0.29) is 0 Å². The van der Waals surface area contributed by atoms with Gasteiger partial charge in [-0.1, -0.05) is 164 Å². The van der Waals surface area contributed by atoms with Gasteiger partial charge in [0, 0.05) is 49.5 Å². The third-order valence-electron chi connectivity index (χ3n) is 10.7. The van der Waals surface area contributed by atoms with E-state index in [0.717, 1.165) is 71.9 Å². The molecule has 3 aromatic heterocycles. The third kappa shape index (κ3) is 5.29. The first kappa shape index (κ1) is 31.9. The lowest BCUT2D eigenvalue weighted by molar-refractivity contribution is 0.672. The van der Waals surface area contributed by atoms with Gasteiger partial charge >= 0.3 is 0 Å². The van der Waals surface area contributed by atoms with E-state index in [1.54, 1.807) is 0 Å². The van der Waals surface area contributed by atoms with Gasteiger partial charge in [-0.3, -0.25) is 0 Å².